The molecule has 1 aromatic heterocycles. The summed E-state index contributed by atoms with van der Waals surface area (Å²) in [7, 11) is 0. The fourth-order valence-corrected chi connectivity index (χ4v) is 1.72. The zero-order valence-electron chi connectivity index (χ0n) is 10.0. The van der Waals surface area contributed by atoms with E-state index in [0.717, 1.165) is 11.3 Å². The van der Waals surface area contributed by atoms with Crippen molar-refractivity contribution in [1.29, 1.82) is 0 Å². The van der Waals surface area contributed by atoms with Crippen molar-refractivity contribution in [2.45, 2.75) is 0 Å². The lowest BCUT2D eigenvalue weighted by Crippen LogP contribution is -1.88. The Balaban J connectivity index is 1.82. The van der Waals surface area contributed by atoms with E-state index in [9.17, 15) is 4.39 Å². The number of hydrogen-bond acceptors (Lipinski definition) is 3. The first-order valence-corrected chi connectivity index (χ1v) is 5.85. The number of para-hydroxylation sites is 1. The molecule has 3 nitrogen and oxygen atoms in total. The second-order valence-electron chi connectivity index (χ2n) is 4.03. The van der Waals surface area contributed by atoms with Crippen LogP contribution >= 0.6 is 0 Å². The van der Waals surface area contributed by atoms with E-state index in [2.05, 4.69) is 10.3 Å². The molecule has 0 aliphatic rings. The average Bonchev–Trinajstić information content (AvgIpc) is 2.89. The van der Waals surface area contributed by atoms with E-state index in [4.69, 9.17) is 4.42 Å². The van der Waals surface area contributed by atoms with Gasteiger partial charge in [0.15, 0.2) is 5.76 Å². The molecule has 0 aliphatic carbocycles. The van der Waals surface area contributed by atoms with Crippen molar-refractivity contribution in [2.75, 3.05) is 5.32 Å². The quantitative estimate of drug-likeness (QED) is 0.760. The molecule has 3 aromatic rings. The summed E-state index contributed by atoms with van der Waals surface area (Å²) in [5.74, 6) is 0.323. The standard InChI is InChI=1S/C15H11FN2O/c16-12-8-6-11(7-9-12)14-10-17-15(19-14)18-13-4-2-1-3-5-13/h1-10H,(H,17,18). The van der Waals surface area contributed by atoms with Gasteiger partial charge in [-0.2, -0.15) is 0 Å². The largest absolute Gasteiger partial charge is 0.423 e. The first-order valence-electron chi connectivity index (χ1n) is 5.85. The topological polar surface area (TPSA) is 38.1 Å². The molecule has 0 saturated heterocycles. The van der Waals surface area contributed by atoms with Crippen LogP contribution in [0.1, 0.15) is 0 Å². The third-order valence-electron chi connectivity index (χ3n) is 2.66. The minimum absolute atomic E-state index is 0.272. The highest BCUT2D eigenvalue weighted by atomic mass is 19.1. The number of nitrogens with one attached hydrogen (secondary N) is 1. The van der Waals surface area contributed by atoms with Crippen LogP contribution in [-0.2, 0) is 0 Å². The Morgan fingerprint density at radius 3 is 2.42 bits per heavy atom. The SMILES string of the molecule is Fc1ccc(-c2cnc(Nc3ccccc3)o2)cc1. The van der Waals surface area contributed by atoms with E-state index in [1.165, 1.54) is 12.1 Å². The van der Waals surface area contributed by atoms with Gasteiger partial charge in [0.25, 0.3) is 6.01 Å². The Kier molecular flexibility index (Phi) is 2.98. The second-order valence-corrected chi connectivity index (χ2v) is 4.03. The third-order valence-corrected chi connectivity index (χ3v) is 2.66. The Labute approximate surface area is 109 Å². The third kappa shape index (κ3) is 2.63. The fraction of sp³-hybridized carbons (Fsp3) is 0. The van der Waals surface area contributed by atoms with Crippen LogP contribution in [0.25, 0.3) is 11.3 Å². The van der Waals surface area contributed by atoms with Gasteiger partial charge in [-0.25, -0.2) is 9.37 Å². The monoisotopic (exact) mass is 254 g/mol. The van der Waals surface area contributed by atoms with Crippen LogP contribution in [0.5, 0.6) is 0 Å². The van der Waals surface area contributed by atoms with Gasteiger partial charge in [-0.1, -0.05) is 18.2 Å². The highest BCUT2D eigenvalue weighted by molar-refractivity contribution is 5.59. The maximum atomic E-state index is 12.8. The number of hydrogen-bond donors (Lipinski definition) is 1. The van der Waals surface area contributed by atoms with Crippen LogP contribution in [0.15, 0.2) is 65.2 Å². The molecule has 0 spiro atoms. The van der Waals surface area contributed by atoms with E-state index in [-0.39, 0.29) is 5.82 Å². The number of anilines is 2. The zero-order chi connectivity index (χ0) is 13.1. The Morgan fingerprint density at radius 2 is 1.68 bits per heavy atom. The molecule has 0 atom stereocenters. The van der Waals surface area contributed by atoms with E-state index >= 15 is 0 Å². The molecule has 2 aromatic carbocycles. The molecule has 0 saturated carbocycles. The number of nitrogens with zero attached hydrogens (tertiary/aromatic N) is 1. The predicted molar refractivity (Wildman–Crippen MR) is 71.6 cm³/mol. The van der Waals surface area contributed by atoms with Crippen molar-refractivity contribution in [3.05, 3.63) is 66.6 Å². The van der Waals surface area contributed by atoms with Crippen LogP contribution in [0, 0.1) is 5.82 Å². The van der Waals surface area contributed by atoms with Crippen LogP contribution < -0.4 is 5.32 Å². The Bertz CT molecular complexity index is 662. The Morgan fingerprint density at radius 1 is 0.947 bits per heavy atom. The van der Waals surface area contributed by atoms with Gasteiger partial charge in [-0.15, -0.1) is 0 Å². The maximum Gasteiger partial charge on any atom is 0.299 e. The molecule has 1 heterocycles. The summed E-state index contributed by atoms with van der Waals surface area (Å²) >= 11 is 0. The van der Waals surface area contributed by atoms with Crippen LogP contribution in [0.2, 0.25) is 0 Å². The highest BCUT2D eigenvalue weighted by Crippen LogP contribution is 2.24. The highest BCUT2D eigenvalue weighted by Gasteiger charge is 2.06. The number of aromatic nitrogens is 1. The van der Waals surface area contributed by atoms with E-state index in [0.29, 0.717) is 11.8 Å². The minimum Gasteiger partial charge on any atom is -0.423 e. The van der Waals surface area contributed by atoms with Gasteiger partial charge in [0.1, 0.15) is 5.82 Å². The lowest BCUT2D eigenvalue weighted by atomic mass is 10.2. The number of rotatable bonds is 3. The zero-order valence-corrected chi connectivity index (χ0v) is 10.0. The lowest BCUT2D eigenvalue weighted by molar-refractivity contribution is 0.591. The molecule has 4 heteroatoms. The summed E-state index contributed by atoms with van der Waals surface area (Å²) in [6.07, 6.45) is 1.61. The molecule has 0 bridgehead atoms. The molecular formula is C15H11FN2O. The van der Waals surface area contributed by atoms with Gasteiger partial charge in [0, 0.05) is 11.3 Å². The van der Waals surface area contributed by atoms with Gasteiger partial charge >= 0.3 is 0 Å². The van der Waals surface area contributed by atoms with Gasteiger partial charge in [0.05, 0.1) is 6.20 Å². The maximum absolute atomic E-state index is 12.8. The normalized spacial score (nSPS) is 10.4. The van der Waals surface area contributed by atoms with Crippen molar-refractivity contribution >= 4 is 11.7 Å². The van der Waals surface area contributed by atoms with Gasteiger partial charge in [-0.3, -0.25) is 0 Å². The molecule has 0 fully saturated rings. The summed E-state index contributed by atoms with van der Waals surface area (Å²) in [6, 6.07) is 16.1. The fourth-order valence-electron chi connectivity index (χ4n) is 1.72. The van der Waals surface area contributed by atoms with Crippen molar-refractivity contribution in [3.8, 4) is 11.3 Å². The molecule has 19 heavy (non-hydrogen) atoms. The van der Waals surface area contributed by atoms with Crippen molar-refractivity contribution in [2.24, 2.45) is 0 Å². The summed E-state index contributed by atoms with van der Waals surface area (Å²) < 4.78 is 18.4. The molecule has 3 rings (SSSR count). The first kappa shape index (κ1) is 11.5. The van der Waals surface area contributed by atoms with Gasteiger partial charge < -0.3 is 9.73 Å². The van der Waals surface area contributed by atoms with Crippen LogP contribution in [0.3, 0.4) is 0 Å². The van der Waals surface area contributed by atoms with E-state index < -0.39 is 0 Å². The summed E-state index contributed by atoms with van der Waals surface area (Å²) in [6.45, 7) is 0. The smallest absolute Gasteiger partial charge is 0.299 e. The molecule has 0 unspecified atom stereocenters. The summed E-state index contributed by atoms with van der Waals surface area (Å²) in [4.78, 5) is 4.14. The van der Waals surface area contributed by atoms with Crippen LogP contribution in [-0.4, -0.2) is 4.98 Å². The van der Waals surface area contributed by atoms with Gasteiger partial charge in [-0.05, 0) is 36.4 Å². The average molecular weight is 254 g/mol. The van der Waals surface area contributed by atoms with Crippen molar-refractivity contribution in [3.63, 3.8) is 0 Å². The predicted octanol–water partition coefficient (Wildman–Crippen LogP) is 4.22. The number of oxazole rings is 1. The molecule has 1 N–H and O–H groups in total. The van der Waals surface area contributed by atoms with Gasteiger partial charge in [0.2, 0.25) is 0 Å². The Hall–Kier alpha value is -2.62. The first-order chi connectivity index (χ1) is 9.31. The summed E-state index contributed by atoms with van der Waals surface area (Å²) in [5.41, 5.74) is 1.69. The van der Waals surface area contributed by atoms with E-state index in [1.54, 1.807) is 18.3 Å². The lowest BCUT2D eigenvalue weighted by Gasteiger charge is -2.00. The van der Waals surface area contributed by atoms with Crippen LogP contribution in [0.4, 0.5) is 16.1 Å². The van der Waals surface area contributed by atoms with Crippen molar-refractivity contribution < 1.29 is 8.81 Å². The minimum atomic E-state index is -0.272. The van der Waals surface area contributed by atoms with Crippen molar-refractivity contribution in [1.82, 2.24) is 4.98 Å². The molecule has 94 valence electrons. The molecular weight excluding hydrogens is 243 g/mol. The van der Waals surface area contributed by atoms with E-state index in [1.807, 2.05) is 30.3 Å². The second kappa shape index (κ2) is 4.94. The molecule has 0 aliphatic heterocycles. The summed E-state index contributed by atoms with van der Waals surface area (Å²) in [5, 5.41) is 3.05. The molecule has 0 radical (unpaired) electrons. The number of benzene rings is 2. The number of halogens is 1. The molecule has 0 amide bonds.